The van der Waals surface area contributed by atoms with Crippen LogP contribution in [0.25, 0.3) is 39.1 Å². The number of phenolic OH excluding ortho intramolecular Hbond substituents is 2. The van der Waals surface area contributed by atoms with Crippen LogP contribution in [0, 0.1) is 30.6 Å². The molecule has 15 heteroatoms. The molecule has 2 aliphatic rings. The Balaban J connectivity index is 1.49. The number of carbonyl (C=O) groups excluding carboxylic acids is 3. The molecule has 0 saturated heterocycles. The highest BCUT2D eigenvalue weighted by Crippen LogP contribution is 2.54. The highest BCUT2D eigenvalue weighted by Gasteiger charge is 2.50. The van der Waals surface area contributed by atoms with Crippen molar-refractivity contribution in [3.8, 4) is 34.5 Å². The standard InChI is InChI=1S/C48H53N3O12/c1-23-15-13-16-24(2)47(58)50-37-38-36(49-46(32-19-14-21-60-32)51(38)30-17-11-10-12-18-30)33-34(42(37)56)41(55)28(6)44-35(33)45(57)48(8,63-44)61-22-20-31(59-9)25(3)43(62-29(7)52)27(5)40(54)26(4)39(23)53/h10-23,25-27,31,39-40,43,53-56H,1-9H3,(H,50,58). The number of allylic oxidation sites excluding steroid dienone is 2. The summed E-state index contributed by atoms with van der Waals surface area (Å²) in [6, 6.07) is 12.4. The second-order valence-corrected chi connectivity index (χ2v) is 16.6. The maximum Gasteiger partial charge on any atom is 0.312 e. The van der Waals surface area contributed by atoms with Crippen LogP contribution in [0.1, 0.15) is 64.4 Å². The molecule has 5 N–H and O–H groups in total. The predicted molar refractivity (Wildman–Crippen MR) is 234 cm³/mol. The summed E-state index contributed by atoms with van der Waals surface area (Å²) in [6.45, 7) is 12.8. The van der Waals surface area contributed by atoms with Gasteiger partial charge in [-0.2, -0.15) is 0 Å². The molecule has 15 nitrogen and oxygen atoms in total. The minimum Gasteiger partial charge on any atom is -0.507 e. The van der Waals surface area contributed by atoms with Crippen molar-refractivity contribution in [2.75, 3.05) is 12.4 Å². The van der Waals surface area contributed by atoms with Crippen LogP contribution in [0.5, 0.6) is 17.2 Å². The highest BCUT2D eigenvalue weighted by atomic mass is 16.7. The van der Waals surface area contributed by atoms with Crippen LogP contribution in [0.3, 0.4) is 0 Å². The molecule has 0 aliphatic carbocycles. The number of rotatable bonds is 4. The molecule has 0 spiro atoms. The first-order valence-electron chi connectivity index (χ1n) is 20.8. The van der Waals surface area contributed by atoms with Crippen molar-refractivity contribution in [2.45, 2.75) is 85.6 Å². The number of amides is 1. The summed E-state index contributed by atoms with van der Waals surface area (Å²) in [7, 11) is 1.45. The zero-order chi connectivity index (χ0) is 45.7. The number of hydrogen-bond acceptors (Lipinski definition) is 13. The second-order valence-electron chi connectivity index (χ2n) is 16.6. The topological polar surface area (TPSA) is 212 Å². The van der Waals surface area contributed by atoms with E-state index in [0.29, 0.717) is 11.4 Å². The molecule has 3 aromatic carbocycles. The molecule has 1 amide bonds. The average Bonchev–Trinajstić information content (AvgIpc) is 4.00. The zero-order valence-corrected chi connectivity index (χ0v) is 36.6. The Bertz CT molecular complexity index is 2670. The Kier molecular flexibility index (Phi) is 12.3. The number of methoxy groups -OCH3 is 1. The number of Topliss-reactive ketones (excluding diaryl/α,β-unsaturated/α-hetero) is 1. The average molecular weight is 864 g/mol. The van der Waals surface area contributed by atoms with Crippen molar-refractivity contribution >= 4 is 45.2 Å². The van der Waals surface area contributed by atoms with Gasteiger partial charge in [0.1, 0.15) is 34.3 Å². The molecular weight excluding hydrogens is 811 g/mol. The van der Waals surface area contributed by atoms with Gasteiger partial charge in [-0.3, -0.25) is 19.0 Å². The van der Waals surface area contributed by atoms with Gasteiger partial charge < -0.3 is 49.1 Å². The third-order valence-corrected chi connectivity index (χ3v) is 12.4. The van der Waals surface area contributed by atoms with E-state index < -0.39 is 83.0 Å². The molecule has 4 bridgehead atoms. The van der Waals surface area contributed by atoms with Gasteiger partial charge in [0.25, 0.3) is 11.7 Å². The molecule has 0 fully saturated rings. The number of aromatic nitrogens is 2. The first kappa shape index (κ1) is 44.6. The Hall–Kier alpha value is -6.42. The first-order chi connectivity index (χ1) is 29.9. The first-order valence-corrected chi connectivity index (χ1v) is 20.8. The number of aliphatic hydroxyl groups excluding tert-OH is 2. The number of phenols is 2. The largest absolute Gasteiger partial charge is 0.507 e. The van der Waals surface area contributed by atoms with Crippen LogP contribution in [0.2, 0.25) is 0 Å². The molecule has 9 unspecified atom stereocenters. The van der Waals surface area contributed by atoms with Crippen LogP contribution >= 0.6 is 0 Å². The van der Waals surface area contributed by atoms with Crippen molar-refractivity contribution in [2.24, 2.45) is 23.7 Å². The van der Waals surface area contributed by atoms with E-state index in [1.807, 2.05) is 6.07 Å². The molecule has 5 aromatic rings. The fraction of sp³-hybridized carbons (Fsp3) is 0.375. The van der Waals surface area contributed by atoms with Crippen molar-refractivity contribution in [1.82, 2.24) is 9.55 Å². The summed E-state index contributed by atoms with van der Waals surface area (Å²) in [4.78, 5) is 46.5. The lowest BCUT2D eigenvalue weighted by Crippen LogP contribution is -2.46. The lowest BCUT2D eigenvalue weighted by molar-refractivity contribution is -0.160. The predicted octanol–water partition coefficient (Wildman–Crippen LogP) is 7.65. The number of imidazole rings is 1. The number of aliphatic hydroxyl groups is 2. The quantitative estimate of drug-likeness (QED) is 0.0869. The lowest BCUT2D eigenvalue weighted by atomic mass is 9.78. The summed E-state index contributed by atoms with van der Waals surface area (Å²) in [5.41, 5.74) is 1.03. The van der Waals surface area contributed by atoms with Crippen LogP contribution < -0.4 is 10.1 Å². The van der Waals surface area contributed by atoms with Crippen LogP contribution in [-0.4, -0.2) is 84.9 Å². The fourth-order valence-electron chi connectivity index (χ4n) is 8.69. The maximum absolute atomic E-state index is 14.9. The van der Waals surface area contributed by atoms with Crippen LogP contribution in [-0.2, 0) is 23.8 Å². The number of ketones is 1. The number of benzene rings is 3. The molecule has 332 valence electrons. The number of para-hydroxylation sites is 1. The Morgan fingerprint density at radius 2 is 1.63 bits per heavy atom. The van der Waals surface area contributed by atoms with E-state index in [0.717, 1.165) is 0 Å². The molecule has 7 rings (SSSR count). The molecule has 2 aliphatic heterocycles. The van der Waals surface area contributed by atoms with Gasteiger partial charge in [0.15, 0.2) is 17.3 Å². The SMILES string of the molecule is COC1C=COC2(C)Oc3c(C)c(O)c4c(O)c(c5c(nc(-c6ccco6)n5-c5ccccc5)c4c3C2=O)NC(=O)C(C)=CC=CC(C)C(O)C(C)C(O)C(C)C(OC(C)=O)C1C. The number of esters is 1. The number of nitrogens with one attached hydrogen (secondary N) is 1. The summed E-state index contributed by atoms with van der Waals surface area (Å²) < 4.78 is 31.6. The fourth-order valence-corrected chi connectivity index (χ4v) is 8.69. The lowest BCUT2D eigenvalue weighted by Gasteiger charge is -2.38. The maximum atomic E-state index is 14.9. The molecule has 4 heterocycles. The number of aromatic hydroxyl groups is 2. The normalized spacial score (nSPS) is 27.1. The van der Waals surface area contributed by atoms with E-state index in [2.05, 4.69) is 5.32 Å². The van der Waals surface area contributed by atoms with Crippen LogP contribution in [0.4, 0.5) is 5.69 Å². The van der Waals surface area contributed by atoms with E-state index >= 15 is 0 Å². The Morgan fingerprint density at radius 1 is 0.921 bits per heavy atom. The van der Waals surface area contributed by atoms with E-state index in [9.17, 15) is 34.8 Å². The highest BCUT2D eigenvalue weighted by molar-refractivity contribution is 6.28. The zero-order valence-electron chi connectivity index (χ0n) is 36.6. The number of furan rings is 1. The monoisotopic (exact) mass is 863 g/mol. The van der Waals surface area contributed by atoms with Crippen molar-refractivity contribution in [1.29, 1.82) is 0 Å². The van der Waals surface area contributed by atoms with E-state index in [1.165, 1.54) is 46.5 Å². The molecule has 2 aromatic heterocycles. The van der Waals surface area contributed by atoms with Crippen molar-refractivity contribution in [3.05, 3.63) is 96.0 Å². The molecule has 63 heavy (non-hydrogen) atoms. The van der Waals surface area contributed by atoms with E-state index in [4.69, 9.17) is 28.3 Å². The van der Waals surface area contributed by atoms with Gasteiger partial charge in [0.2, 0.25) is 0 Å². The van der Waals surface area contributed by atoms with Gasteiger partial charge in [-0.1, -0.05) is 64.1 Å². The number of nitrogens with zero attached hydrogens (tertiary/aromatic N) is 2. The van der Waals surface area contributed by atoms with Gasteiger partial charge in [-0.05, 0) is 44.2 Å². The summed E-state index contributed by atoms with van der Waals surface area (Å²) >= 11 is 0. The summed E-state index contributed by atoms with van der Waals surface area (Å²) in [5.74, 6) is -6.76. The van der Waals surface area contributed by atoms with E-state index in [-0.39, 0.29) is 55.8 Å². The van der Waals surface area contributed by atoms with Crippen LogP contribution in [0.15, 0.2) is 89.3 Å². The smallest absolute Gasteiger partial charge is 0.312 e. The number of carbonyl (C=O) groups is 3. The second kappa shape index (κ2) is 17.4. The third-order valence-electron chi connectivity index (χ3n) is 12.4. The summed E-state index contributed by atoms with van der Waals surface area (Å²) in [5, 5.41) is 50.1. The number of fused-ring (bicyclic) bond motifs is 1. The molecule has 9 atom stereocenters. The number of anilines is 1. The third kappa shape index (κ3) is 7.85. The molecule has 0 saturated carbocycles. The van der Waals surface area contributed by atoms with Crippen molar-refractivity contribution < 1.29 is 58.2 Å². The van der Waals surface area contributed by atoms with Gasteiger partial charge in [0, 0.05) is 66.8 Å². The minimum absolute atomic E-state index is 0.0109. The minimum atomic E-state index is -2.02. The van der Waals surface area contributed by atoms with Gasteiger partial charge >= 0.3 is 11.8 Å². The van der Waals surface area contributed by atoms with Gasteiger partial charge in [-0.25, -0.2) is 4.98 Å². The Morgan fingerprint density at radius 3 is 2.29 bits per heavy atom. The number of ether oxygens (including phenoxy) is 4. The number of hydrogen-bond donors (Lipinski definition) is 5. The van der Waals surface area contributed by atoms with Gasteiger partial charge in [0.05, 0.1) is 41.8 Å². The van der Waals surface area contributed by atoms with Crippen molar-refractivity contribution in [3.63, 3.8) is 0 Å². The molecular formula is C48H53N3O12. The van der Waals surface area contributed by atoms with E-state index in [1.54, 1.807) is 93.8 Å². The Labute approximate surface area is 364 Å². The summed E-state index contributed by atoms with van der Waals surface area (Å²) in [6.07, 6.45) is 5.23. The molecule has 0 radical (unpaired) electrons. The van der Waals surface area contributed by atoms with Gasteiger partial charge in [-0.15, -0.1) is 0 Å².